The third-order valence-electron chi connectivity index (χ3n) is 4.42. The van der Waals surface area contributed by atoms with E-state index in [1.165, 1.54) is 17.4 Å². The number of halogens is 3. The molecule has 2 atom stereocenters. The lowest BCUT2D eigenvalue weighted by Gasteiger charge is -2.19. The van der Waals surface area contributed by atoms with E-state index < -0.39 is 26.7 Å². The molecule has 136 valence electrons. The van der Waals surface area contributed by atoms with Crippen LogP contribution in [0.15, 0.2) is 46.0 Å². The van der Waals surface area contributed by atoms with Crippen LogP contribution in [0.2, 0.25) is 0 Å². The summed E-state index contributed by atoms with van der Waals surface area (Å²) in [6.45, 7) is -0.185. The van der Waals surface area contributed by atoms with E-state index in [4.69, 9.17) is 0 Å². The number of hydrogen-bond donors (Lipinski definition) is 1. The summed E-state index contributed by atoms with van der Waals surface area (Å²) in [5.74, 6) is -0.577. The molecule has 1 aromatic carbocycles. The molecule has 1 saturated heterocycles. The second-order valence-electron chi connectivity index (χ2n) is 5.92. The summed E-state index contributed by atoms with van der Waals surface area (Å²) in [4.78, 5) is -0.745. The van der Waals surface area contributed by atoms with E-state index in [9.17, 15) is 26.7 Å². The van der Waals surface area contributed by atoms with Gasteiger partial charge in [-0.05, 0) is 34.5 Å². The molecule has 1 aliphatic heterocycles. The van der Waals surface area contributed by atoms with Gasteiger partial charge < -0.3 is 5.11 Å². The van der Waals surface area contributed by atoms with Crippen molar-refractivity contribution in [1.29, 1.82) is 0 Å². The number of aliphatic hydroxyl groups is 1. The Morgan fingerprint density at radius 3 is 2.52 bits per heavy atom. The Bertz CT molecular complexity index is 835. The highest BCUT2D eigenvalue weighted by atomic mass is 32.2. The normalized spacial score (nSPS) is 22.4. The lowest BCUT2D eigenvalue weighted by atomic mass is 9.92. The maximum Gasteiger partial charge on any atom is 0.417 e. The predicted molar refractivity (Wildman–Crippen MR) is 87.8 cm³/mol. The fourth-order valence-electron chi connectivity index (χ4n) is 3.14. The van der Waals surface area contributed by atoms with Crippen LogP contribution in [-0.4, -0.2) is 37.5 Å². The van der Waals surface area contributed by atoms with E-state index >= 15 is 0 Å². The number of rotatable bonds is 4. The molecule has 4 nitrogen and oxygen atoms in total. The van der Waals surface area contributed by atoms with Crippen LogP contribution in [0, 0.1) is 5.92 Å². The molecule has 0 amide bonds. The van der Waals surface area contributed by atoms with Crippen LogP contribution in [0.4, 0.5) is 13.2 Å². The highest BCUT2D eigenvalue weighted by molar-refractivity contribution is 7.89. The van der Waals surface area contributed by atoms with E-state index in [1.807, 2.05) is 16.8 Å². The molecule has 0 radical (unpaired) electrons. The number of nitrogens with zero attached hydrogens (tertiary/aromatic N) is 1. The molecule has 0 aliphatic carbocycles. The van der Waals surface area contributed by atoms with Gasteiger partial charge in [0.1, 0.15) is 0 Å². The molecule has 0 spiro atoms. The molecule has 0 bridgehead atoms. The number of alkyl halides is 3. The van der Waals surface area contributed by atoms with Gasteiger partial charge in [0.05, 0.1) is 10.5 Å². The second-order valence-corrected chi connectivity index (χ2v) is 8.61. The second kappa shape index (κ2) is 6.71. The molecule has 3 rings (SSSR count). The van der Waals surface area contributed by atoms with Gasteiger partial charge in [0.25, 0.3) is 0 Å². The zero-order valence-corrected chi connectivity index (χ0v) is 14.6. The average Bonchev–Trinajstić information content (AvgIpc) is 3.23. The minimum absolute atomic E-state index is 0.00839. The summed E-state index contributed by atoms with van der Waals surface area (Å²) in [5.41, 5.74) is -0.277. The van der Waals surface area contributed by atoms with E-state index in [2.05, 4.69) is 0 Å². The van der Waals surface area contributed by atoms with Gasteiger partial charge >= 0.3 is 6.18 Å². The van der Waals surface area contributed by atoms with Crippen LogP contribution >= 0.6 is 11.3 Å². The minimum Gasteiger partial charge on any atom is -0.396 e. The van der Waals surface area contributed by atoms with E-state index in [0.29, 0.717) is 0 Å². The van der Waals surface area contributed by atoms with Gasteiger partial charge in [0, 0.05) is 31.5 Å². The van der Waals surface area contributed by atoms with Crippen LogP contribution < -0.4 is 0 Å². The summed E-state index contributed by atoms with van der Waals surface area (Å²) < 4.78 is 66.3. The first-order valence-corrected chi connectivity index (χ1v) is 9.92. The molecule has 9 heteroatoms. The fraction of sp³-hybridized carbons (Fsp3) is 0.375. The van der Waals surface area contributed by atoms with Crippen molar-refractivity contribution in [3.8, 4) is 0 Å². The van der Waals surface area contributed by atoms with E-state index in [0.717, 1.165) is 28.1 Å². The number of benzene rings is 1. The van der Waals surface area contributed by atoms with Crippen molar-refractivity contribution in [3.05, 3.63) is 52.2 Å². The van der Waals surface area contributed by atoms with Crippen molar-refractivity contribution >= 4 is 21.4 Å². The third kappa shape index (κ3) is 3.46. The number of sulfonamides is 1. The van der Waals surface area contributed by atoms with Crippen molar-refractivity contribution in [1.82, 2.24) is 4.31 Å². The average molecular weight is 391 g/mol. The Kier molecular flexibility index (Phi) is 4.93. The first-order valence-electron chi connectivity index (χ1n) is 7.54. The Balaban J connectivity index is 1.97. The lowest BCUT2D eigenvalue weighted by molar-refractivity contribution is -0.139. The van der Waals surface area contributed by atoms with Gasteiger partial charge in [-0.2, -0.15) is 28.8 Å². The summed E-state index contributed by atoms with van der Waals surface area (Å²) in [6.07, 6.45) is -4.76. The largest absolute Gasteiger partial charge is 0.417 e. The molecule has 0 saturated carbocycles. The highest BCUT2D eigenvalue weighted by Gasteiger charge is 2.43. The Hall–Kier alpha value is -1.42. The van der Waals surface area contributed by atoms with Gasteiger partial charge in [0.15, 0.2) is 0 Å². The zero-order chi connectivity index (χ0) is 18.2. The third-order valence-corrected chi connectivity index (χ3v) is 7.01. The van der Waals surface area contributed by atoms with Gasteiger partial charge in [-0.1, -0.05) is 12.1 Å². The molecule has 2 aromatic rings. The number of aliphatic hydroxyl groups excluding tert-OH is 1. The molecule has 1 aliphatic rings. The van der Waals surface area contributed by atoms with Crippen molar-refractivity contribution in [3.63, 3.8) is 0 Å². The fourth-order valence-corrected chi connectivity index (χ4v) is 5.60. The summed E-state index contributed by atoms with van der Waals surface area (Å²) in [6, 6.07) is 6.03. The van der Waals surface area contributed by atoms with Crippen LogP contribution in [-0.2, 0) is 16.2 Å². The van der Waals surface area contributed by atoms with Crippen molar-refractivity contribution in [2.45, 2.75) is 17.0 Å². The smallest absolute Gasteiger partial charge is 0.396 e. The van der Waals surface area contributed by atoms with Gasteiger partial charge in [-0.15, -0.1) is 0 Å². The highest BCUT2D eigenvalue weighted by Crippen LogP contribution is 2.39. The monoisotopic (exact) mass is 391 g/mol. The van der Waals surface area contributed by atoms with E-state index in [-0.39, 0.29) is 31.5 Å². The Labute approximate surface area is 147 Å². The standard InChI is InChI=1S/C16H16F3NO3S2/c17-16(18,19)14-3-1-2-4-15(14)25(22,23)20-7-12(9-21)13(8-20)11-5-6-24-10-11/h1-6,10,12-13,21H,7-9H2/t12-,13+/m1/s1. The Morgan fingerprint density at radius 1 is 1.20 bits per heavy atom. The first kappa shape index (κ1) is 18.4. The van der Waals surface area contributed by atoms with Crippen LogP contribution in [0.5, 0.6) is 0 Å². The minimum atomic E-state index is -4.76. The van der Waals surface area contributed by atoms with Gasteiger partial charge in [-0.25, -0.2) is 8.42 Å². The maximum absolute atomic E-state index is 13.2. The van der Waals surface area contributed by atoms with Crippen molar-refractivity contribution in [2.24, 2.45) is 5.92 Å². The van der Waals surface area contributed by atoms with Gasteiger partial charge in [-0.3, -0.25) is 0 Å². The summed E-state index contributed by atoms with van der Waals surface area (Å²) in [5, 5.41) is 13.3. The summed E-state index contributed by atoms with van der Waals surface area (Å²) >= 11 is 1.45. The van der Waals surface area contributed by atoms with Gasteiger partial charge in [0.2, 0.25) is 10.0 Å². The molecule has 1 fully saturated rings. The first-order chi connectivity index (χ1) is 11.7. The van der Waals surface area contributed by atoms with Crippen LogP contribution in [0.3, 0.4) is 0 Å². The number of thiophene rings is 1. The molecular weight excluding hydrogens is 375 g/mol. The topological polar surface area (TPSA) is 57.6 Å². The molecule has 25 heavy (non-hydrogen) atoms. The van der Waals surface area contributed by atoms with Crippen LogP contribution in [0.25, 0.3) is 0 Å². The SMILES string of the molecule is O=S(=O)(c1ccccc1C(F)(F)F)N1C[C@H](CO)[C@H](c2ccsc2)C1. The Morgan fingerprint density at radius 2 is 1.92 bits per heavy atom. The molecule has 2 heterocycles. The summed E-state index contributed by atoms with van der Waals surface area (Å²) in [7, 11) is -4.31. The molecule has 1 aromatic heterocycles. The molecule has 1 N–H and O–H groups in total. The van der Waals surface area contributed by atoms with Crippen LogP contribution in [0.1, 0.15) is 17.0 Å². The van der Waals surface area contributed by atoms with Crippen molar-refractivity contribution in [2.75, 3.05) is 19.7 Å². The predicted octanol–water partition coefficient (Wildman–Crippen LogP) is 3.16. The number of hydrogen-bond acceptors (Lipinski definition) is 4. The molecular formula is C16H16F3NO3S2. The maximum atomic E-state index is 13.2. The molecule has 0 unspecified atom stereocenters. The lowest BCUT2D eigenvalue weighted by Crippen LogP contribution is -2.31. The van der Waals surface area contributed by atoms with Crippen molar-refractivity contribution < 1.29 is 26.7 Å². The quantitative estimate of drug-likeness (QED) is 0.871. The zero-order valence-electron chi connectivity index (χ0n) is 13.0. The van der Waals surface area contributed by atoms with E-state index in [1.54, 1.807) is 0 Å².